The maximum Gasteiger partial charge on any atom is 0.0443 e. The van der Waals surface area contributed by atoms with Crippen LogP contribution in [0.25, 0.3) is 0 Å². The fourth-order valence-electron chi connectivity index (χ4n) is 2.17. The molecule has 0 radical (unpaired) electrons. The monoisotopic (exact) mass is 205 g/mol. The Morgan fingerprint density at radius 3 is 2.93 bits per heavy atom. The van der Waals surface area contributed by atoms with Crippen molar-refractivity contribution in [2.45, 2.75) is 32.2 Å². The largest absolute Gasteiger partial charge is 0.396 e. The second-order valence-corrected chi connectivity index (χ2v) is 4.21. The Balaban J connectivity index is 1.87. The normalized spacial score (nSPS) is 14.2. The van der Waals surface area contributed by atoms with Crippen LogP contribution in [0.1, 0.15) is 29.5 Å². The lowest BCUT2D eigenvalue weighted by atomic mass is 10.1. The van der Waals surface area contributed by atoms with Crippen molar-refractivity contribution < 1.29 is 5.11 Å². The Morgan fingerprint density at radius 2 is 2.07 bits per heavy atom. The third-order valence-electron chi connectivity index (χ3n) is 3.00. The van der Waals surface area contributed by atoms with Crippen LogP contribution in [0.2, 0.25) is 0 Å². The molecule has 0 unspecified atom stereocenters. The molecule has 0 bridgehead atoms. The molecule has 2 nitrogen and oxygen atoms in total. The Kier molecular flexibility index (Phi) is 3.75. The molecule has 2 N–H and O–H groups in total. The fourth-order valence-corrected chi connectivity index (χ4v) is 2.17. The molecular weight excluding hydrogens is 186 g/mol. The molecule has 0 atom stereocenters. The van der Waals surface area contributed by atoms with E-state index < -0.39 is 0 Å². The first-order chi connectivity index (χ1) is 7.40. The standard InChI is InChI=1S/C13H19NO/c15-8-2-7-14-10-11-5-6-12-3-1-4-13(12)9-11/h5-6,9,14-15H,1-4,7-8,10H2. The quantitative estimate of drug-likeness (QED) is 0.716. The van der Waals surface area contributed by atoms with Gasteiger partial charge >= 0.3 is 0 Å². The Labute approximate surface area is 91.3 Å². The smallest absolute Gasteiger partial charge is 0.0443 e. The van der Waals surface area contributed by atoms with Crippen molar-refractivity contribution >= 4 is 0 Å². The lowest BCUT2D eigenvalue weighted by Gasteiger charge is -2.06. The average Bonchev–Trinajstić information content (AvgIpc) is 2.71. The first-order valence-electron chi connectivity index (χ1n) is 5.82. The van der Waals surface area contributed by atoms with Gasteiger partial charge in [-0.2, -0.15) is 0 Å². The van der Waals surface area contributed by atoms with Crippen molar-refractivity contribution in [3.05, 3.63) is 34.9 Å². The molecule has 0 aromatic heterocycles. The minimum atomic E-state index is 0.275. The van der Waals surface area contributed by atoms with Gasteiger partial charge in [0.1, 0.15) is 0 Å². The van der Waals surface area contributed by atoms with Crippen LogP contribution in [-0.4, -0.2) is 18.3 Å². The summed E-state index contributed by atoms with van der Waals surface area (Å²) in [5.74, 6) is 0. The molecule has 1 aliphatic carbocycles. The minimum absolute atomic E-state index is 0.275. The predicted molar refractivity (Wildman–Crippen MR) is 61.9 cm³/mol. The van der Waals surface area contributed by atoms with Crippen molar-refractivity contribution in [2.75, 3.05) is 13.2 Å². The van der Waals surface area contributed by atoms with Crippen LogP contribution in [0.15, 0.2) is 18.2 Å². The summed E-state index contributed by atoms with van der Waals surface area (Å²) in [6.07, 6.45) is 4.66. The van der Waals surface area contributed by atoms with E-state index in [4.69, 9.17) is 5.11 Å². The number of fused-ring (bicyclic) bond motifs is 1. The van der Waals surface area contributed by atoms with Gasteiger partial charge in [-0.1, -0.05) is 18.2 Å². The molecule has 1 aliphatic rings. The number of nitrogens with one attached hydrogen (secondary N) is 1. The first kappa shape index (κ1) is 10.7. The summed E-state index contributed by atoms with van der Waals surface area (Å²) in [6.45, 7) is 2.10. The lowest BCUT2D eigenvalue weighted by molar-refractivity contribution is 0.286. The molecule has 0 saturated carbocycles. The van der Waals surface area contributed by atoms with Crippen LogP contribution in [0.3, 0.4) is 0 Å². The summed E-state index contributed by atoms with van der Waals surface area (Å²) in [7, 11) is 0. The van der Waals surface area contributed by atoms with Gasteiger partial charge in [-0.3, -0.25) is 0 Å². The zero-order valence-electron chi connectivity index (χ0n) is 9.13. The summed E-state index contributed by atoms with van der Waals surface area (Å²) < 4.78 is 0. The summed E-state index contributed by atoms with van der Waals surface area (Å²) in [4.78, 5) is 0. The number of hydrogen-bond acceptors (Lipinski definition) is 2. The molecular formula is C13H19NO. The van der Waals surface area contributed by atoms with Gasteiger partial charge < -0.3 is 10.4 Å². The first-order valence-corrected chi connectivity index (χ1v) is 5.82. The molecule has 0 heterocycles. The molecule has 82 valence electrons. The van der Waals surface area contributed by atoms with Crippen molar-refractivity contribution in [1.82, 2.24) is 5.32 Å². The SMILES string of the molecule is OCCCNCc1ccc2c(c1)CCC2. The van der Waals surface area contributed by atoms with E-state index >= 15 is 0 Å². The van der Waals surface area contributed by atoms with E-state index in [1.165, 1.54) is 36.0 Å². The van der Waals surface area contributed by atoms with Gasteiger partial charge in [-0.25, -0.2) is 0 Å². The summed E-state index contributed by atoms with van der Waals surface area (Å²) in [5, 5.41) is 12.0. The number of aliphatic hydroxyl groups is 1. The average molecular weight is 205 g/mol. The Morgan fingerprint density at radius 1 is 1.20 bits per heavy atom. The van der Waals surface area contributed by atoms with Crippen molar-refractivity contribution in [3.63, 3.8) is 0 Å². The van der Waals surface area contributed by atoms with Crippen LogP contribution in [0.4, 0.5) is 0 Å². The van der Waals surface area contributed by atoms with Crippen LogP contribution in [0, 0.1) is 0 Å². The van der Waals surface area contributed by atoms with Crippen LogP contribution < -0.4 is 5.32 Å². The van der Waals surface area contributed by atoms with Gasteiger partial charge in [0.25, 0.3) is 0 Å². The second-order valence-electron chi connectivity index (χ2n) is 4.21. The molecule has 1 aromatic rings. The molecule has 0 spiro atoms. The summed E-state index contributed by atoms with van der Waals surface area (Å²) in [5.41, 5.74) is 4.44. The molecule has 1 aromatic carbocycles. The van der Waals surface area contributed by atoms with Crippen molar-refractivity contribution in [3.8, 4) is 0 Å². The van der Waals surface area contributed by atoms with E-state index in [0.717, 1.165) is 19.5 Å². The highest BCUT2D eigenvalue weighted by Crippen LogP contribution is 2.22. The summed E-state index contributed by atoms with van der Waals surface area (Å²) in [6, 6.07) is 6.82. The van der Waals surface area contributed by atoms with Gasteiger partial charge in [0.05, 0.1) is 0 Å². The number of hydrogen-bond donors (Lipinski definition) is 2. The van der Waals surface area contributed by atoms with E-state index in [9.17, 15) is 0 Å². The van der Waals surface area contributed by atoms with E-state index in [1.807, 2.05) is 0 Å². The maximum absolute atomic E-state index is 8.65. The van der Waals surface area contributed by atoms with E-state index in [-0.39, 0.29) is 6.61 Å². The second kappa shape index (κ2) is 5.29. The van der Waals surface area contributed by atoms with Gasteiger partial charge in [0, 0.05) is 13.2 Å². The van der Waals surface area contributed by atoms with E-state index in [0.29, 0.717) is 0 Å². The Hall–Kier alpha value is -0.860. The van der Waals surface area contributed by atoms with E-state index in [1.54, 1.807) is 0 Å². The molecule has 2 heteroatoms. The van der Waals surface area contributed by atoms with Crippen LogP contribution in [0.5, 0.6) is 0 Å². The van der Waals surface area contributed by atoms with Gasteiger partial charge in [0.2, 0.25) is 0 Å². The van der Waals surface area contributed by atoms with Crippen molar-refractivity contribution in [2.24, 2.45) is 0 Å². The number of benzene rings is 1. The van der Waals surface area contributed by atoms with Gasteiger partial charge in [-0.15, -0.1) is 0 Å². The number of rotatable bonds is 5. The zero-order chi connectivity index (χ0) is 10.5. The number of aryl methyl sites for hydroxylation is 2. The van der Waals surface area contributed by atoms with E-state index in [2.05, 4.69) is 23.5 Å². The predicted octanol–water partition coefficient (Wildman–Crippen LogP) is 1.65. The molecule has 0 saturated heterocycles. The highest BCUT2D eigenvalue weighted by molar-refractivity contribution is 5.35. The van der Waals surface area contributed by atoms with Crippen LogP contribution in [-0.2, 0) is 19.4 Å². The van der Waals surface area contributed by atoms with Gasteiger partial charge in [-0.05, 0) is 48.9 Å². The highest BCUT2D eigenvalue weighted by atomic mass is 16.3. The Bertz CT molecular complexity index is 322. The third kappa shape index (κ3) is 2.80. The van der Waals surface area contributed by atoms with Crippen molar-refractivity contribution in [1.29, 1.82) is 0 Å². The fraction of sp³-hybridized carbons (Fsp3) is 0.538. The summed E-state index contributed by atoms with van der Waals surface area (Å²) >= 11 is 0. The van der Waals surface area contributed by atoms with Gasteiger partial charge in [0.15, 0.2) is 0 Å². The highest BCUT2D eigenvalue weighted by Gasteiger charge is 2.10. The number of aliphatic hydroxyl groups excluding tert-OH is 1. The molecule has 0 fully saturated rings. The molecule has 2 rings (SSSR count). The maximum atomic E-state index is 8.65. The minimum Gasteiger partial charge on any atom is -0.396 e. The third-order valence-corrected chi connectivity index (χ3v) is 3.00. The zero-order valence-corrected chi connectivity index (χ0v) is 9.13. The topological polar surface area (TPSA) is 32.3 Å². The lowest BCUT2D eigenvalue weighted by Crippen LogP contribution is -2.15. The molecule has 0 amide bonds. The molecule has 15 heavy (non-hydrogen) atoms. The molecule has 0 aliphatic heterocycles. The van der Waals surface area contributed by atoms with Crippen LogP contribution >= 0.6 is 0 Å².